The number of esters is 1. The van der Waals surface area contributed by atoms with Crippen LogP contribution in [0, 0.1) is 10.1 Å². The summed E-state index contributed by atoms with van der Waals surface area (Å²) in [6.07, 6.45) is 1.20. The second-order valence-corrected chi connectivity index (χ2v) is 5.37. The molecule has 0 N–H and O–H groups in total. The molecule has 0 saturated carbocycles. The minimum Gasteiger partial charge on any atom is -0.453 e. The number of halogens is 1. The first-order valence-electron chi connectivity index (χ1n) is 6.15. The zero-order valence-corrected chi connectivity index (χ0v) is 13.1. The van der Waals surface area contributed by atoms with Crippen LogP contribution >= 0.6 is 15.9 Å². The molecule has 0 aliphatic rings. The molecule has 0 atom stereocenters. The largest absolute Gasteiger partial charge is 0.453 e. The lowest BCUT2D eigenvalue weighted by Gasteiger charge is -2.05. The number of carbonyl (C=O) groups is 2. The fourth-order valence-electron chi connectivity index (χ4n) is 1.77. The molecule has 114 valence electrons. The molecule has 1 heterocycles. The van der Waals surface area contributed by atoms with Gasteiger partial charge in [0, 0.05) is 23.2 Å². The number of nitro groups is 1. The molecule has 8 heteroatoms. The molecule has 0 unspecified atom stereocenters. The number of ketones is 1. The minimum atomic E-state index is -0.791. The van der Waals surface area contributed by atoms with Crippen molar-refractivity contribution in [2.45, 2.75) is 0 Å². The maximum Gasteiger partial charge on any atom is 0.355 e. The Morgan fingerprint density at radius 2 is 1.95 bits per heavy atom. The Labute approximate surface area is 133 Å². The van der Waals surface area contributed by atoms with E-state index in [0.717, 1.165) is 10.5 Å². The third-order valence-corrected chi connectivity index (χ3v) is 3.44. The number of aromatic nitrogens is 1. The third kappa shape index (κ3) is 3.59. The van der Waals surface area contributed by atoms with Gasteiger partial charge in [0.25, 0.3) is 5.69 Å². The van der Waals surface area contributed by atoms with E-state index in [1.165, 1.54) is 17.8 Å². The number of rotatable bonds is 5. The highest BCUT2D eigenvalue weighted by Crippen LogP contribution is 2.16. The standard InChI is InChI=1S/C14H11BrN2O5/c1-16-7-11(17(20)21)6-12(16)14(19)22-8-13(18)9-2-4-10(15)5-3-9/h2-7H,8H2,1H3. The molecule has 0 bridgehead atoms. The van der Waals surface area contributed by atoms with Crippen LogP contribution in [-0.4, -0.2) is 27.8 Å². The van der Waals surface area contributed by atoms with Crippen molar-refractivity contribution in [3.8, 4) is 0 Å². The summed E-state index contributed by atoms with van der Waals surface area (Å²) in [7, 11) is 1.49. The van der Waals surface area contributed by atoms with Crippen LogP contribution in [0.2, 0.25) is 0 Å². The first-order valence-corrected chi connectivity index (χ1v) is 6.94. The smallest absolute Gasteiger partial charge is 0.355 e. The number of ether oxygens (including phenoxy) is 1. The average molecular weight is 367 g/mol. The van der Waals surface area contributed by atoms with E-state index in [0.29, 0.717) is 5.56 Å². The highest BCUT2D eigenvalue weighted by atomic mass is 79.9. The van der Waals surface area contributed by atoms with E-state index in [2.05, 4.69) is 15.9 Å². The first-order chi connectivity index (χ1) is 10.4. The van der Waals surface area contributed by atoms with Crippen molar-refractivity contribution < 1.29 is 19.2 Å². The zero-order valence-electron chi connectivity index (χ0n) is 11.5. The Hall–Kier alpha value is -2.48. The van der Waals surface area contributed by atoms with Crippen LogP contribution in [0.5, 0.6) is 0 Å². The summed E-state index contributed by atoms with van der Waals surface area (Å²) in [6.45, 7) is -0.431. The molecule has 2 rings (SSSR count). The van der Waals surface area contributed by atoms with E-state index >= 15 is 0 Å². The molecular formula is C14H11BrN2O5. The third-order valence-electron chi connectivity index (χ3n) is 2.91. The molecule has 0 saturated heterocycles. The molecule has 0 radical (unpaired) electrons. The molecule has 0 fully saturated rings. The average Bonchev–Trinajstić information content (AvgIpc) is 2.87. The number of hydrogen-bond donors (Lipinski definition) is 0. The van der Waals surface area contributed by atoms with Crippen LogP contribution < -0.4 is 0 Å². The molecule has 7 nitrogen and oxygen atoms in total. The summed E-state index contributed by atoms with van der Waals surface area (Å²) in [6, 6.07) is 7.72. The highest BCUT2D eigenvalue weighted by molar-refractivity contribution is 9.10. The van der Waals surface area contributed by atoms with Gasteiger partial charge in [-0.3, -0.25) is 14.9 Å². The van der Waals surface area contributed by atoms with E-state index in [9.17, 15) is 19.7 Å². The van der Waals surface area contributed by atoms with Crippen LogP contribution in [0.3, 0.4) is 0 Å². The van der Waals surface area contributed by atoms with E-state index in [1.807, 2.05) is 0 Å². The minimum absolute atomic E-state index is 0.00954. The summed E-state index contributed by atoms with van der Waals surface area (Å²) in [5.41, 5.74) is 0.206. The van der Waals surface area contributed by atoms with Crippen LogP contribution in [0.1, 0.15) is 20.8 Å². The lowest BCUT2D eigenvalue weighted by Crippen LogP contribution is -2.16. The first kappa shape index (κ1) is 15.9. The van der Waals surface area contributed by atoms with Crippen molar-refractivity contribution in [3.63, 3.8) is 0 Å². The lowest BCUT2D eigenvalue weighted by atomic mass is 10.1. The van der Waals surface area contributed by atoms with Crippen LogP contribution in [0.4, 0.5) is 5.69 Å². The van der Waals surface area contributed by atoms with Crippen molar-refractivity contribution >= 4 is 33.4 Å². The Morgan fingerprint density at radius 1 is 1.32 bits per heavy atom. The van der Waals surface area contributed by atoms with E-state index in [4.69, 9.17) is 4.74 Å². The van der Waals surface area contributed by atoms with Gasteiger partial charge in [0.05, 0.1) is 11.1 Å². The summed E-state index contributed by atoms with van der Waals surface area (Å²) in [5.74, 6) is -1.15. The Bertz CT molecular complexity index is 736. The van der Waals surface area contributed by atoms with Gasteiger partial charge < -0.3 is 9.30 Å². The summed E-state index contributed by atoms with van der Waals surface area (Å²) in [5, 5.41) is 10.6. The van der Waals surface area contributed by atoms with Gasteiger partial charge in [0.15, 0.2) is 12.4 Å². The Morgan fingerprint density at radius 3 is 2.50 bits per heavy atom. The van der Waals surface area contributed by atoms with Gasteiger partial charge in [-0.15, -0.1) is 0 Å². The van der Waals surface area contributed by atoms with Crippen LogP contribution in [0.15, 0.2) is 41.0 Å². The fourth-order valence-corrected chi connectivity index (χ4v) is 2.04. The zero-order chi connectivity index (χ0) is 16.3. The summed E-state index contributed by atoms with van der Waals surface area (Å²) in [4.78, 5) is 33.8. The molecule has 0 aliphatic heterocycles. The quantitative estimate of drug-likeness (QED) is 0.351. The SMILES string of the molecule is Cn1cc([N+](=O)[O-])cc1C(=O)OCC(=O)c1ccc(Br)cc1. The molecule has 0 amide bonds. The summed E-state index contributed by atoms with van der Waals surface area (Å²) < 4.78 is 7.02. The Balaban J connectivity index is 2.02. The van der Waals surface area contributed by atoms with Crippen molar-refractivity contribution in [2.75, 3.05) is 6.61 Å². The van der Waals surface area contributed by atoms with Gasteiger partial charge in [0.2, 0.25) is 0 Å². The summed E-state index contributed by atoms with van der Waals surface area (Å²) >= 11 is 3.25. The molecule has 0 aliphatic carbocycles. The molecule has 1 aromatic heterocycles. The van der Waals surface area contributed by atoms with Gasteiger partial charge in [-0.2, -0.15) is 0 Å². The monoisotopic (exact) mass is 366 g/mol. The van der Waals surface area contributed by atoms with Gasteiger partial charge in [0.1, 0.15) is 5.69 Å². The van der Waals surface area contributed by atoms with Gasteiger partial charge >= 0.3 is 5.97 Å². The van der Waals surface area contributed by atoms with E-state index in [-0.39, 0.29) is 17.2 Å². The molecule has 0 spiro atoms. The molecular weight excluding hydrogens is 356 g/mol. The lowest BCUT2D eigenvalue weighted by molar-refractivity contribution is -0.384. The van der Waals surface area contributed by atoms with Gasteiger partial charge in [-0.25, -0.2) is 4.79 Å². The highest BCUT2D eigenvalue weighted by Gasteiger charge is 2.19. The van der Waals surface area contributed by atoms with E-state index in [1.54, 1.807) is 24.3 Å². The normalized spacial score (nSPS) is 10.3. The maximum atomic E-state index is 11.9. The molecule has 2 aromatic rings. The van der Waals surface area contributed by atoms with Crippen LogP contribution in [0.25, 0.3) is 0 Å². The second-order valence-electron chi connectivity index (χ2n) is 4.46. The number of nitrogens with zero attached hydrogens (tertiary/aromatic N) is 2. The number of benzene rings is 1. The van der Waals surface area contributed by atoms with E-state index < -0.39 is 17.5 Å². The number of hydrogen-bond acceptors (Lipinski definition) is 5. The predicted octanol–water partition coefficient (Wildman–Crippen LogP) is 2.74. The topological polar surface area (TPSA) is 91.4 Å². The van der Waals surface area contributed by atoms with Gasteiger partial charge in [-0.05, 0) is 12.1 Å². The molecule has 22 heavy (non-hydrogen) atoms. The fraction of sp³-hybridized carbons (Fsp3) is 0.143. The Kier molecular flexibility index (Phi) is 4.71. The van der Waals surface area contributed by atoms with Crippen molar-refractivity contribution in [1.82, 2.24) is 4.57 Å². The van der Waals surface area contributed by atoms with Crippen molar-refractivity contribution in [3.05, 3.63) is 62.4 Å². The van der Waals surface area contributed by atoms with Crippen LogP contribution in [-0.2, 0) is 11.8 Å². The number of Topliss-reactive ketones (excluding diaryl/α,β-unsaturated/α-hetero) is 1. The van der Waals surface area contributed by atoms with Gasteiger partial charge in [-0.1, -0.05) is 28.1 Å². The number of aryl methyl sites for hydroxylation is 1. The second kappa shape index (κ2) is 6.52. The van der Waals surface area contributed by atoms with Crippen molar-refractivity contribution in [1.29, 1.82) is 0 Å². The number of carbonyl (C=O) groups excluding carboxylic acids is 2. The molecule has 1 aromatic carbocycles. The maximum absolute atomic E-state index is 11.9. The predicted molar refractivity (Wildman–Crippen MR) is 80.8 cm³/mol. The van der Waals surface area contributed by atoms with Crippen molar-refractivity contribution in [2.24, 2.45) is 7.05 Å².